The van der Waals surface area contributed by atoms with Gasteiger partial charge in [-0.3, -0.25) is 4.57 Å². The Morgan fingerprint density at radius 3 is 1.75 bits per heavy atom. The highest BCUT2D eigenvalue weighted by atomic mass is 15.6. The highest BCUT2D eigenvalue weighted by molar-refractivity contribution is 6.14. The van der Waals surface area contributed by atoms with Crippen LogP contribution in [0.15, 0.2) is 169 Å². The number of fused-ring (bicyclic) bond motifs is 7. The number of para-hydroxylation sites is 3. The van der Waals surface area contributed by atoms with Gasteiger partial charge in [0.25, 0.3) is 0 Å². The lowest BCUT2D eigenvalue weighted by molar-refractivity contribution is 0.261. The molecule has 2 aromatic heterocycles. The molecule has 0 fully saturated rings. The maximum absolute atomic E-state index is 5.22. The van der Waals surface area contributed by atoms with Crippen LogP contribution in [0.4, 0.5) is 0 Å². The molecule has 2 aliphatic rings. The summed E-state index contributed by atoms with van der Waals surface area (Å²) in [6, 6.07) is 52.3. The first-order chi connectivity index (χ1) is 23.7. The SMILES string of the molecule is CN1C(n2c3ccccc3c3ccccc32)=NN2C=CC=C(c3ccc4c(c3)c3cc(-c5ccccc5)ccc3n4-c3ccccc3)C21. The monoisotopic (exact) mass is 617 g/mol. The van der Waals surface area contributed by atoms with Crippen LogP contribution in [0.3, 0.4) is 0 Å². The third-order valence-electron chi connectivity index (χ3n) is 9.93. The van der Waals surface area contributed by atoms with Gasteiger partial charge in [-0.25, -0.2) is 5.01 Å². The summed E-state index contributed by atoms with van der Waals surface area (Å²) in [7, 11) is 2.16. The predicted molar refractivity (Wildman–Crippen MR) is 199 cm³/mol. The number of rotatable bonds is 3. The molecule has 5 heteroatoms. The molecule has 0 spiro atoms. The molecule has 10 rings (SSSR count). The first-order valence-electron chi connectivity index (χ1n) is 16.4. The van der Waals surface area contributed by atoms with Crippen molar-refractivity contribution in [2.24, 2.45) is 5.10 Å². The van der Waals surface area contributed by atoms with Crippen LogP contribution in [0.5, 0.6) is 0 Å². The molecule has 0 N–H and O–H groups in total. The van der Waals surface area contributed by atoms with Gasteiger partial charge in [-0.05, 0) is 71.3 Å². The number of aromatic nitrogens is 2. The zero-order chi connectivity index (χ0) is 31.8. The lowest BCUT2D eigenvalue weighted by Crippen LogP contribution is -2.41. The molecule has 0 saturated carbocycles. The van der Waals surface area contributed by atoms with E-state index in [-0.39, 0.29) is 6.17 Å². The predicted octanol–water partition coefficient (Wildman–Crippen LogP) is 9.86. The third-order valence-corrected chi connectivity index (χ3v) is 9.93. The minimum Gasteiger partial charge on any atom is -0.318 e. The van der Waals surface area contributed by atoms with E-state index in [9.17, 15) is 0 Å². The van der Waals surface area contributed by atoms with Gasteiger partial charge in [0.1, 0.15) is 0 Å². The largest absolute Gasteiger partial charge is 0.318 e. The Morgan fingerprint density at radius 2 is 1.06 bits per heavy atom. The summed E-state index contributed by atoms with van der Waals surface area (Å²) < 4.78 is 4.69. The summed E-state index contributed by atoms with van der Waals surface area (Å²) in [4.78, 5) is 2.30. The second kappa shape index (κ2) is 10.3. The molecular weight excluding hydrogens is 587 g/mol. The van der Waals surface area contributed by atoms with Crippen LogP contribution in [0.2, 0.25) is 0 Å². The Bertz CT molecular complexity index is 2590. The van der Waals surface area contributed by atoms with Gasteiger partial charge in [-0.2, -0.15) is 0 Å². The van der Waals surface area contributed by atoms with Gasteiger partial charge >= 0.3 is 0 Å². The van der Waals surface area contributed by atoms with Gasteiger partial charge in [0.2, 0.25) is 5.96 Å². The number of hydrogen-bond donors (Lipinski definition) is 0. The molecule has 0 aliphatic carbocycles. The summed E-state index contributed by atoms with van der Waals surface area (Å²) >= 11 is 0. The maximum Gasteiger partial charge on any atom is 0.230 e. The van der Waals surface area contributed by atoms with Crippen molar-refractivity contribution in [2.45, 2.75) is 6.17 Å². The molecule has 228 valence electrons. The molecule has 0 amide bonds. The van der Waals surface area contributed by atoms with E-state index in [2.05, 4.69) is 190 Å². The summed E-state index contributed by atoms with van der Waals surface area (Å²) in [6.45, 7) is 0. The molecule has 1 atom stereocenters. The third kappa shape index (κ3) is 3.88. The van der Waals surface area contributed by atoms with Gasteiger partial charge in [0, 0.05) is 46.1 Å². The Morgan fingerprint density at radius 1 is 0.500 bits per heavy atom. The number of nitrogens with zero attached hydrogens (tertiary/aromatic N) is 5. The fraction of sp³-hybridized carbons (Fsp3) is 0.0465. The van der Waals surface area contributed by atoms with Crippen LogP contribution >= 0.6 is 0 Å². The van der Waals surface area contributed by atoms with E-state index in [4.69, 9.17) is 5.10 Å². The number of hydrazone groups is 1. The van der Waals surface area contributed by atoms with Crippen molar-refractivity contribution in [3.05, 3.63) is 170 Å². The van der Waals surface area contributed by atoms with Crippen LogP contribution < -0.4 is 0 Å². The van der Waals surface area contributed by atoms with Crippen LogP contribution in [0.25, 0.3) is 66.0 Å². The van der Waals surface area contributed by atoms with Crippen LogP contribution in [0, 0.1) is 0 Å². The van der Waals surface area contributed by atoms with Crippen molar-refractivity contribution >= 4 is 55.1 Å². The fourth-order valence-corrected chi connectivity index (χ4v) is 7.76. The summed E-state index contributed by atoms with van der Waals surface area (Å²) in [5.41, 5.74) is 10.7. The normalized spacial score (nSPS) is 15.9. The molecule has 0 radical (unpaired) electrons. The maximum atomic E-state index is 5.22. The number of allylic oxidation sites excluding steroid dienone is 2. The van der Waals surface area contributed by atoms with Crippen LogP contribution in [-0.2, 0) is 0 Å². The molecule has 0 saturated heterocycles. The highest BCUT2D eigenvalue weighted by Crippen LogP contribution is 2.40. The summed E-state index contributed by atoms with van der Waals surface area (Å²) in [5.74, 6) is 0.907. The standard InChI is InChI=1S/C43H31N5/c1-45-42-33(19-12-26-46(42)44-43(45)48-38-20-10-8-17-34(38)35-18-9-11-21-39(35)48)31-23-25-41-37(28-31)36-27-30(29-13-4-2-5-14-29)22-24-40(36)47(41)32-15-6-3-7-16-32/h2-28,42H,1H3. The zero-order valence-electron chi connectivity index (χ0n) is 26.4. The lowest BCUT2D eigenvalue weighted by Gasteiger charge is -2.31. The smallest absolute Gasteiger partial charge is 0.230 e. The van der Waals surface area contributed by atoms with Crippen molar-refractivity contribution in [3.8, 4) is 16.8 Å². The van der Waals surface area contributed by atoms with E-state index in [0.29, 0.717) is 0 Å². The average Bonchev–Trinajstić information content (AvgIpc) is 3.78. The second-order valence-corrected chi connectivity index (χ2v) is 12.6. The number of likely N-dealkylation sites (N-methyl/N-ethyl adjacent to an activating group) is 1. The van der Waals surface area contributed by atoms with Crippen molar-refractivity contribution < 1.29 is 0 Å². The molecular formula is C43H31N5. The van der Waals surface area contributed by atoms with Crippen molar-refractivity contribution in [3.63, 3.8) is 0 Å². The second-order valence-electron chi connectivity index (χ2n) is 12.6. The Labute approximate surface area is 278 Å². The molecule has 4 heterocycles. The van der Waals surface area contributed by atoms with Crippen molar-refractivity contribution in [1.29, 1.82) is 0 Å². The van der Waals surface area contributed by atoms with E-state index in [1.165, 1.54) is 54.8 Å². The Balaban J connectivity index is 1.12. The summed E-state index contributed by atoms with van der Waals surface area (Å²) in [5, 5.41) is 12.2. The molecule has 2 aliphatic heterocycles. The fourth-order valence-electron chi connectivity index (χ4n) is 7.76. The van der Waals surface area contributed by atoms with E-state index >= 15 is 0 Å². The Kier molecular flexibility index (Phi) is 5.78. The molecule has 8 aromatic rings. The van der Waals surface area contributed by atoms with Gasteiger partial charge in [-0.1, -0.05) is 103 Å². The minimum absolute atomic E-state index is 0.0790. The first-order valence-corrected chi connectivity index (χ1v) is 16.4. The van der Waals surface area contributed by atoms with E-state index < -0.39 is 0 Å². The molecule has 0 bridgehead atoms. The van der Waals surface area contributed by atoms with E-state index in [1.54, 1.807) is 0 Å². The quantitative estimate of drug-likeness (QED) is 0.197. The van der Waals surface area contributed by atoms with Crippen molar-refractivity contribution in [2.75, 3.05) is 7.05 Å². The molecule has 6 aromatic carbocycles. The van der Waals surface area contributed by atoms with Gasteiger partial charge in [0.05, 0.1) is 22.1 Å². The highest BCUT2D eigenvalue weighted by Gasteiger charge is 2.37. The van der Waals surface area contributed by atoms with E-state index in [0.717, 1.165) is 22.7 Å². The Hall–Kier alpha value is -6.33. The molecule has 5 nitrogen and oxygen atoms in total. The zero-order valence-corrected chi connectivity index (χ0v) is 26.4. The molecule has 48 heavy (non-hydrogen) atoms. The van der Waals surface area contributed by atoms with Crippen molar-refractivity contribution in [1.82, 2.24) is 19.0 Å². The van der Waals surface area contributed by atoms with Gasteiger partial charge < -0.3 is 9.47 Å². The van der Waals surface area contributed by atoms with Gasteiger partial charge in [0.15, 0.2) is 6.17 Å². The van der Waals surface area contributed by atoms with E-state index in [1.807, 2.05) is 0 Å². The summed E-state index contributed by atoms with van der Waals surface area (Å²) in [6.07, 6.45) is 6.36. The van der Waals surface area contributed by atoms with Gasteiger partial charge in [-0.15, -0.1) is 5.10 Å². The topological polar surface area (TPSA) is 28.7 Å². The minimum atomic E-state index is -0.0790. The number of hydrogen-bond acceptors (Lipinski definition) is 3. The lowest BCUT2D eigenvalue weighted by atomic mass is 9.97. The van der Waals surface area contributed by atoms with Crippen LogP contribution in [-0.4, -0.2) is 38.2 Å². The average molecular weight is 618 g/mol. The first kappa shape index (κ1) is 26.8. The van der Waals surface area contributed by atoms with Crippen LogP contribution in [0.1, 0.15) is 5.56 Å². The molecule has 1 unspecified atom stereocenters. The number of benzene rings is 6.